The second-order valence-corrected chi connectivity index (χ2v) is 6.29. The van der Waals surface area contributed by atoms with Crippen LogP contribution in [-0.4, -0.2) is 31.0 Å². The van der Waals surface area contributed by atoms with Gasteiger partial charge in [-0.1, -0.05) is 18.2 Å². The first-order chi connectivity index (χ1) is 13.4. The first-order valence-corrected chi connectivity index (χ1v) is 8.85. The number of nitrogens with zero attached hydrogens (tertiary/aromatic N) is 4. The van der Waals surface area contributed by atoms with Gasteiger partial charge in [-0.3, -0.25) is 14.9 Å². The van der Waals surface area contributed by atoms with Gasteiger partial charge in [-0.2, -0.15) is 5.11 Å². The number of non-ortho nitro benzene ring substituents is 1. The number of nitrogens with one attached hydrogen (secondary N) is 1. The zero-order valence-corrected chi connectivity index (χ0v) is 16.1. The van der Waals surface area contributed by atoms with Crippen LogP contribution in [-0.2, 0) is 4.79 Å². The molecule has 9 heteroatoms. The Balaban J connectivity index is 1.93. The summed E-state index contributed by atoms with van der Waals surface area (Å²) < 4.78 is 0. The van der Waals surface area contributed by atoms with Crippen LogP contribution in [0.2, 0.25) is 5.02 Å². The molecule has 0 aliphatic heterocycles. The van der Waals surface area contributed by atoms with Crippen LogP contribution in [0, 0.1) is 10.1 Å². The average Bonchev–Trinajstić information content (AvgIpc) is 2.70. The Labute approximate surface area is 167 Å². The molecule has 146 valence electrons. The fourth-order valence-corrected chi connectivity index (χ4v) is 2.52. The third kappa shape index (κ3) is 6.17. The number of anilines is 1. The van der Waals surface area contributed by atoms with Gasteiger partial charge in [0.15, 0.2) is 0 Å². The smallest absolute Gasteiger partial charge is 0.271 e. The highest BCUT2D eigenvalue weighted by Gasteiger charge is 2.09. The van der Waals surface area contributed by atoms with E-state index >= 15 is 0 Å². The van der Waals surface area contributed by atoms with Crippen molar-refractivity contribution < 1.29 is 9.72 Å². The Morgan fingerprint density at radius 2 is 2.00 bits per heavy atom. The van der Waals surface area contributed by atoms with Crippen LogP contribution in [0.5, 0.6) is 0 Å². The molecule has 0 spiro atoms. The molecule has 0 bridgehead atoms. The van der Waals surface area contributed by atoms with E-state index in [0.29, 0.717) is 17.9 Å². The molecule has 0 saturated carbocycles. The van der Waals surface area contributed by atoms with Gasteiger partial charge >= 0.3 is 0 Å². The quantitative estimate of drug-likeness (QED) is 0.214. The van der Waals surface area contributed by atoms with E-state index in [1.54, 1.807) is 0 Å². The summed E-state index contributed by atoms with van der Waals surface area (Å²) in [5.74, 6) is -0.175. The molecule has 0 aliphatic carbocycles. The van der Waals surface area contributed by atoms with Gasteiger partial charge in [-0.05, 0) is 42.8 Å². The highest BCUT2D eigenvalue weighted by Crippen LogP contribution is 2.30. The molecule has 0 atom stereocenters. The summed E-state index contributed by atoms with van der Waals surface area (Å²) in [7, 11) is 1.96. The minimum Gasteiger partial charge on any atom is -0.375 e. The molecule has 1 amide bonds. The summed E-state index contributed by atoms with van der Waals surface area (Å²) in [4.78, 5) is 23.4. The first-order valence-electron chi connectivity index (χ1n) is 8.48. The van der Waals surface area contributed by atoms with Crippen LogP contribution in [0.15, 0.2) is 65.3 Å². The topological polar surface area (TPSA) is 100 Å². The van der Waals surface area contributed by atoms with Crippen LogP contribution in [0.4, 0.5) is 22.7 Å². The molecule has 28 heavy (non-hydrogen) atoms. The molecule has 0 unspecified atom stereocenters. The molecule has 2 rings (SSSR count). The lowest BCUT2D eigenvalue weighted by atomic mass is 10.2. The van der Waals surface area contributed by atoms with E-state index in [2.05, 4.69) is 27.0 Å². The van der Waals surface area contributed by atoms with Crippen molar-refractivity contribution >= 4 is 40.3 Å². The number of carbonyl (C=O) groups excluding carboxylic acids is 1. The van der Waals surface area contributed by atoms with Crippen molar-refractivity contribution in [3.8, 4) is 0 Å². The number of benzene rings is 2. The van der Waals surface area contributed by atoms with Crippen LogP contribution in [0.3, 0.4) is 0 Å². The van der Waals surface area contributed by atoms with E-state index in [1.807, 2.05) is 31.3 Å². The molecule has 0 fully saturated rings. The number of nitro groups is 1. The number of amides is 1. The van der Waals surface area contributed by atoms with Gasteiger partial charge in [0.25, 0.3) is 5.69 Å². The summed E-state index contributed by atoms with van der Waals surface area (Å²) in [6, 6.07) is 11.5. The Morgan fingerprint density at radius 1 is 1.29 bits per heavy atom. The van der Waals surface area contributed by atoms with E-state index < -0.39 is 4.92 Å². The summed E-state index contributed by atoms with van der Waals surface area (Å²) in [5.41, 5.74) is 1.89. The Hall–Kier alpha value is -3.26. The number of carbonyl (C=O) groups is 1. The van der Waals surface area contributed by atoms with Crippen LogP contribution < -0.4 is 10.2 Å². The lowest BCUT2D eigenvalue weighted by Crippen LogP contribution is -2.26. The molecular formula is C19H20ClN5O3. The standard InChI is InChI=1S/C19H20ClN5O3/c1-3-19(26)21-11-4-12-24(2)15-7-5-14(6-8-15)22-23-18-10-9-16(25(27)28)13-17(18)20/h3,5-10,13H,1,4,11-12H2,2H3,(H,21,26)/b23-22+. The SMILES string of the molecule is C=CC(=O)NCCCN(C)c1ccc(/N=N/c2ccc([N+](=O)[O-])cc2Cl)cc1. The van der Waals surface area contributed by atoms with E-state index in [1.165, 1.54) is 24.3 Å². The maximum Gasteiger partial charge on any atom is 0.271 e. The number of hydrogen-bond acceptors (Lipinski definition) is 6. The second kappa shape index (κ2) is 10.2. The lowest BCUT2D eigenvalue weighted by molar-refractivity contribution is -0.384. The zero-order chi connectivity index (χ0) is 20.5. The van der Waals surface area contributed by atoms with Crippen LogP contribution in [0.1, 0.15) is 6.42 Å². The molecule has 8 nitrogen and oxygen atoms in total. The fraction of sp³-hybridized carbons (Fsp3) is 0.211. The minimum absolute atomic E-state index is 0.0969. The van der Waals surface area contributed by atoms with Crippen molar-refractivity contribution in [2.45, 2.75) is 6.42 Å². The monoisotopic (exact) mass is 401 g/mol. The number of rotatable bonds is 9. The highest BCUT2D eigenvalue weighted by molar-refractivity contribution is 6.33. The first kappa shape index (κ1) is 21.0. The number of halogens is 1. The number of azo groups is 1. The molecule has 0 aliphatic rings. The molecule has 0 aromatic heterocycles. The summed E-state index contributed by atoms with van der Waals surface area (Å²) >= 11 is 6.00. The van der Waals surface area contributed by atoms with Crippen molar-refractivity contribution in [3.63, 3.8) is 0 Å². The van der Waals surface area contributed by atoms with E-state index in [-0.39, 0.29) is 16.6 Å². The fourth-order valence-electron chi connectivity index (χ4n) is 2.30. The van der Waals surface area contributed by atoms with Crippen molar-refractivity contribution in [2.75, 3.05) is 25.0 Å². The molecule has 0 radical (unpaired) electrons. The summed E-state index contributed by atoms with van der Waals surface area (Å²) in [6.07, 6.45) is 2.05. The van der Waals surface area contributed by atoms with E-state index in [4.69, 9.17) is 11.6 Å². The zero-order valence-electron chi connectivity index (χ0n) is 15.3. The van der Waals surface area contributed by atoms with Gasteiger partial charge in [0.05, 0.1) is 15.6 Å². The maximum absolute atomic E-state index is 11.1. The van der Waals surface area contributed by atoms with Crippen LogP contribution in [0.25, 0.3) is 0 Å². The largest absolute Gasteiger partial charge is 0.375 e. The van der Waals surface area contributed by atoms with Gasteiger partial charge in [-0.25, -0.2) is 0 Å². The maximum atomic E-state index is 11.1. The summed E-state index contributed by atoms with van der Waals surface area (Å²) in [5, 5.41) is 21.8. The normalized spacial score (nSPS) is 10.6. The Morgan fingerprint density at radius 3 is 2.61 bits per heavy atom. The van der Waals surface area contributed by atoms with Crippen molar-refractivity contribution in [1.82, 2.24) is 5.32 Å². The van der Waals surface area contributed by atoms with Crippen molar-refractivity contribution in [2.24, 2.45) is 10.2 Å². The molecule has 0 saturated heterocycles. The van der Waals surface area contributed by atoms with Crippen molar-refractivity contribution in [1.29, 1.82) is 0 Å². The number of hydrogen-bond donors (Lipinski definition) is 1. The lowest BCUT2D eigenvalue weighted by Gasteiger charge is -2.19. The summed E-state index contributed by atoms with van der Waals surface area (Å²) in [6.45, 7) is 4.76. The predicted molar refractivity (Wildman–Crippen MR) is 110 cm³/mol. The van der Waals surface area contributed by atoms with Crippen molar-refractivity contribution in [3.05, 3.63) is 70.3 Å². The van der Waals surface area contributed by atoms with Gasteiger partial charge in [0, 0.05) is 38.0 Å². The van der Waals surface area contributed by atoms with Gasteiger partial charge in [-0.15, -0.1) is 5.11 Å². The average molecular weight is 402 g/mol. The molecule has 2 aromatic rings. The van der Waals surface area contributed by atoms with E-state index in [9.17, 15) is 14.9 Å². The molecule has 1 N–H and O–H groups in total. The molecular weight excluding hydrogens is 382 g/mol. The Bertz CT molecular complexity index is 884. The van der Waals surface area contributed by atoms with Gasteiger partial charge in [0.1, 0.15) is 5.69 Å². The van der Waals surface area contributed by atoms with E-state index in [0.717, 1.165) is 18.7 Å². The van der Waals surface area contributed by atoms with Gasteiger partial charge < -0.3 is 10.2 Å². The number of nitro benzene ring substituents is 1. The van der Waals surface area contributed by atoms with Gasteiger partial charge in [0.2, 0.25) is 5.91 Å². The third-order valence-electron chi connectivity index (χ3n) is 3.86. The third-order valence-corrected chi connectivity index (χ3v) is 4.16. The Kier molecular flexibility index (Phi) is 7.65. The van der Waals surface area contributed by atoms with Crippen LogP contribution >= 0.6 is 11.6 Å². The molecule has 2 aromatic carbocycles. The molecule has 0 heterocycles. The highest BCUT2D eigenvalue weighted by atomic mass is 35.5. The second-order valence-electron chi connectivity index (χ2n) is 5.88. The minimum atomic E-state index is -0.518. The predicted octanol–water partition coefficient (Wildman–Crippen LogP) is 4.79.